The van der Waals surface area contributed by atoms with Gasteiger partial charge in [-0.1, -0.05) is 35.0 Å². The Balaban J connectivity index is 0.00000196. The van der Waals surface area contributed by atoms with Crippen molar-refractivity contribution >= 4 is 57.7 Å². The Labute approximate surface area is 175 Å². The van der Waals surface area contributed by atoms with Crippen molar-refractivity contribution < 1.29 is 4.74 Å². The van der Waals surface area contributed by atoms with Gasteiger partial charge in [-0.15, -0.1) is 27.2 Å². The molecular formula is C17H13BrCl2N4OS. The first-order valence-electron chi connectivity index (χ1n) is 7.41. The summed E-state index contributed by atoms with van der Waals surface area (Å²) in [5.41, 5.74) is 2.71. The largest absolute Gasteiger partial charge is 0.497 e. The van der Waals surface area contributed by atoms with E-state index in [9.17, 15) is 0 Å². The highest BCUT2D eigenvalue weighted by Gasteiger charge is 2.22. The van der Waals surface area contributed by atoms with Crippen LogP contribution in [0.3, 0.4) is 0 Å². The van der Waals surface area contributed by atoms with Gasteiger partial charge in [0, 0.05) is 16.3 Å². The number of ether oxygens (including phenoxy) is 1. The number of hydrogen-bond donors (Lipinski definition) is 0. The summed E-state index contributed by atoms with van der Waals surface area (Å²) in [6, 6.07) is 13.1. The minimum Gasteiger partial charge on any atom is -0.497 e. The standard InChI is InChI=1S/C17H12Cl2N4OS.BrH/c1-24-12-5-2-10(3-6-12)15-9-25-17-21-20-16(23(17)22-15)13-7-4-11(18)8-14(13)19;/h2-8H,9H2,1H3;1H. The number of halogens is 3. The molecule has 0 radical (unpaired) electrons. The first kappa shape index (κ1) is 19.2. The summed E-state index contributed by atoms with van der Waals surface area (Å²) >= 11 is 13.9. The fourth-order valence-corrected chi connectivity index (χ4v) is 3.82. The number of aromatic nitrogens is 3. The second kappa shape index (κ2) is 8.00. The zero-order chi connectivity index (χ0) is 17.4. The lowest BCUT2D eigenvalue weighted by Crippen LogP contribution is -2.13. The molecule has 9 heteroatoms. The summed E-state index contributed by atoms with van der Waals surface area (Å²) in [7, 11) is 1.65. The van der Waals surface area contributed by atoms with E-state index in [1.807, 2.05) is 30.3 Å². The first-order valence-corrected chi connectivity index (χ1v) is 9.16. The summed E-state index contributed by atoms with van der Waals surface area (Å²) in [4.78, 5) is 0. The van der Waals surface area contributed by atoms with Crippen LogP contribution in [0, 0.1) is 0 Å². The van der Waals surface area contributed by atoms with Crippen molar-refractivity contribution in [1.29, 1.82) is 0 Å². The quantitative estimate of drug-likeness (QED) is 0.527. The van der Waals surface area contributed by atoms with Gasteiger partial charge in [0.15, 0.2) is 5.82 Å². The molecule has 1 aliphatic heterocycles. The van der Waals surface area contributed by atoms with Gasteiger partial charge >= 0.3 is 0 Å². The summed E-state index contributed by atoms with van der Waals surface area (Å²) < 4.78 is 6.93. The van der Waals surface area contributed by atoms with E-state index in [4.69, 9.17) is 33.0 Å². The average molecular weight is 472 g/mol. The fourth-order valence-electron chi connectivity index (χ4n) is 2.49. The van der Waals surface area contributed by atoms with E-state index in [2.05, 4.69) is 10.2 Å². The lowest BCUT2D eigenvalue weighted by Gasteiger charge is -2.14. The molecule has 0 fully saturated rings. The maximum absolute atomic E-state index is 6.32. The lowest BCUT2D eigenvalue weighted by atomic mass is 10.1. The highest BCUT2D eigenvalue weighted by Crippen LogP contribution is 2.33. The molecule has 4 rings (SSSR count). The third-order valence-electron chi connectivity index (χ3n) is 3.77. The van der Waals surface area contributed by atoms with Gasteiger partial charge in [-0.3, -0.25) is 0 Å². The van der Waals surface area contributed by atoms with E-state index in [0.29, 0.717) is 15.9 Å². The molecule has 0 aliphatic carbocycles. The van der Waals surface area contributed by atoms with E-state index >= 15 is 0 Å². The Morgan fingerprint density at radius 1 is 1.08 bits per heavy atom. The van der Waals surface area contributed by atoms with Crippen molar-refractivity contribution in [3.8, 4) is 17.1 Å². The van der Waals surface area contributed by atoms with Crippen LogP contribution in [0.25, 0.3) is 11.4 Å². The molecule has 0 bridgehead atoms. The number of thioether (sulfide) groups is 1. The number of rotatable bonds is 3. The zero-order valence-electron chi connectivity index (χ0n) is 13.5. The molecule has 0 saturated carbocycles. The van der Waals surface area contributed by atoms with Gasteiger partial charge in [0.25, 0.3) is 0 Å². The molecule has 0 atom stereocenters. The van der Waals surface area contributed by atoms with Gasteiger partial charge in [-0.05, 0) is 48.0 Å². The van der Waals surface area contributed by atoms with Gasteiger partial charge in [0.05, 0.1) is 17.8 Å². The monoisotopic (exact) mass is 470 g/mol. The molecule has 3 aromatic rings. The summed E-state index contributed by atoms with van der Waals surface area (Å²) in [5.74, 6) is 2.13. The van der Waals surface area contributed by atoms with E-state index in [-0.39, 0.29) is 17.0 Å². The zero-order valence-corrected chi connectivity index (χ0v) is 17.6. The smallest absolute Gasteiger partial charge is 0.212 e. The van der Waals surface area contributed by atoms with E-state index in [1.54, 1.807) is 35.7 Å². The average Bonchev–Trinajstić information content (AvgIpc) is 3.05. The minimum atomic E-state index is 0. The molecule has 0 unspecified atom stereocenters. The molecule has 0 spiro atoms. The summed E-state index contributed by atoms with van der Waals surface area (Å²) in [5, 5.41) is 15.0. The molecule has 134 valence electrons. The topological polar surface area (TPSA) is 52.3 Å². The van der Waals surface area contributed by atoms with Crippen LogP contribution in [0.15, 0.2) is 52.7 Å². The predicted molar refractivity (Wildman–Crippen MR) is 111 cm³/mol. The molecule has 0 N–H and O–H groups in total. The fraction of sp³-hybridized carbons (Fsp3) is 0.118. The van der Waals surface area contributed by atoms with Crippen LogP contribution in [-0.2, 0) is 0 Å². The molecule has 26 heavy (non-hydrogen) atoms. The van der Waals surface area contributed by atoms with Crippen molar-refractivity contribution in [2.45, 2.75) is 5.16 Å². The van der Waals surface area contributed by atoms with Crippen LogP contribution in [0.1, 0.15) is 5.56 Å². The maximum atomic E-state index is 6.32. The maximum Gasteiger partial charge on any atom is 0.212 e. The summed E-state index contributed by atoms with van der Waals surface area (Å²) in [6.07, 6.45) is 0. The third-order valence-corrected chi connectivity index (χ3v) is 5.24. The molecule has 0 saturated heterocycles. The van der Waals surface area contributed by atoms with Crippen LogP contribution in [-0.4, -0.2) is 33.4 Å². The highest BCUT2D eigenvalue weighted by molar-refractivity contribution is 8.93. The predicted octanol–water partition coefficient (Wildman–Crippen LogP) is 5.20. The van der Waals surface area contributed by atoms with Crippen molar-refractivity contribution in [1.82, 2.24) is 14.9 Å². The second-order valence-corrected chi connectivity index (χ2v) is 7.09. The molecule has 2 heterocycles. The van der Waals surface area contributed by atoms with Crippen LogP contribution in [0.2, 0.25) is 10.0 Å². The Hall–Kier alpha value is -1.54. The highest BCUT2D eigenvalue weighted by atomic mass is 79.9. The van der Waals surface area contributed by atoms with E-state index in [1.165, 1.54) is 0 Å². The molecule has 0 amide bonds. The number of nitrogens with zero attached hydrogens (tertiary/aromatic N) is 4. The number of hydrogen-bond acceptors (Lipinski definition) is 5. The van der Waals surface area contributed by atoms with Crippen molar-refractivity contribution in [2.75, 3.05) is 12.9 Å². The van der Waals surface area contributed by atoms with Crippen LogP contribution in [0.4, 0.5) is 0 Å². The SMILES string of the molecule is Br.COc1ccc(C2=Nn3c(nnc3-c3ccc(Cl)cc3Cl)SC2)cc1. The van der Waals surface area contributed by atoms with Crippen molar-refractivity contribution in [3.05, 3.63) is 58.1 Å². The molecule has 1 aliphatic rings. The van der Waals surface area contributed by atoms with Gasteiger partial charge in [0.2, 0.25) is 5.16 Å². The van der Waals surface area contributed by atoms with Crippen molar-refractivity contribution in [3.63, 3.8) is 0 Å². The Kier molecular flexibility index (Phi) is 5.92. The number of methoxy groups -OCH3 is 1. The normalized spacial score (nSPS) is 12.8. The van der Waals surface area contributed by atoms with Crippen LogP contribution in [0.5, 0.6) is 5.75 Å². The molecule has 5 nitrogen and oxygen atoms in total. The Bertz CT molecular complexity index is 975. The molecule has 1 aromatic heterocycles. The lowest BCUT2D eigenvalue weighted by molar-refractivity contribution is 0.415. The third kappa shape index (κ3) is 3.62. The van der Waals surface area contributed by atoms with Crippen LogP contribution < -0.4 is 4.74 Å². The number of fused-ring (bicyclic) bond motifs is 1. The van der Waals surface area contributed by atoms with Gasteiger partial charge < -0.3 is 4.74 Å². The summed E-state index contributed by atoms with van der Waals surface area (Å²) in [6.45, 7) is 0. The Morgan fingerprint density at radius 2 is 1.85 bits per heavy atom. The van der Waals surface area contributed by atoms with Gasteiger partial charge in [-0.2, -0.15) is 9.78 Å². The Morgan fingerprint density at radius 3 is 2.54 bits per heavy atom. The minimum absolute atomic E-state index is 0. The molecule has 2 aromatic carbocycles. The first-order chi connectivity index (χ1) is 12.2. The van der Waals surface area contributed by atoms with E-state index < -0.39 is 0 Å². The molecular weight excluding hydrogens is 459 g/mol. The van der Waals surface area contributed by atoms with Gasteiger partial charge in [-0.25, -0.2) is 0 Å². The van der Waals surface area contributed by atoms with Crippen LogP contribution >= 0.6 is 51.9 Å². The van der Waals surface area contributed by atoms with E-state index in [0.717, 1.165) is 33.5 Å². The second-order valence-electron chi connectivity index (χ2n) is 5.31. The number of benzene rings is 2. The van der Waals surface area contributed by atoms with Crippen molar-refractivity contribution in [2.24, 2.45) is 5.10 Å². The van der Waals surface area contributed by atoms with Gasteiger partial charge in [0.1, 0.15) is 5.75 Å².